The largest absolute Gasteiger partial charge is 0.497 e. The number of benzene rings is 3. The van der Waals surface area contributed by atoms with Gasteiger partial charge in [-0.25, -0.2) is 14.6 Å². The summed E-state index contributed by atoms with van der Waals surface area (Å²) in [7, 11) is 1.55. The lowest BCUT2D eigenvalue weighted by Gasteiger charge is -2.26. The van der Waals surface area contributed by atoms with Gasteiger partial charge in [-0.3, -0.25) is 9.36 Å². The second-order valence-corrected chi connectivity index (χ2v) is 11.3. The van der Waals surface area contributed by atoms with Gasteiger partial charge in [0.05, 0.1) is 41.1 Å². The second kappa shape index (κ2) is 12.3. The molecule has 45 heavy (non-hydrogen) atoms. The van der Waals surface area contributed by atoms with Crippen molar-refractivity contribution in [2.75, 3.05) is 13.7 Å². The number of aromatic nitrogens is 1. The van der Waals surface area contributed by atoms with Gasteiger partial charge < -0.3 is 19.0 Å². The Kier molecular flexibility index (Phi) is 8.06. The highest BCUT2D eigenvalue weighted by atomic mass is 32.1. The fourth-order valence-corrected chi connectivity index (χ4v) is 6.27. The fraction of sp³-hybridized carbons (Fsp3) is 0.143. The number of furan rings is 1. The normalized spacial score (nSPS) is 14.6. The van der Waals surface area contributed by atoms with Crippen LogP contribution in [0.2, 0.25) is 0 Å². The minimum atomic E-state index is -1.04. The number of aromatic carboxylic acids is 1. The van der Waals surface area contributed by atoms with E-state index in [-0.39, 0.29) is 23.3 Å². The van der Waals surface area contributed by atoms with E-state index in [1.165, 1.54) is 15.9 Å². The maximum atomic E-state index is 14.1. The lowest BCUT2D eigenvalue weighted by atomic mass is 9.93. The number of nitrogens with zero attached hydrogens (tertiary/aromatic N) is 2. The van der Waals surface area contributed by atoms with Crippen molar-refractivity contribution in [2.45, 2.75) is 19.9 Å². The molecule has 5 aromatic rings. The molecule has 0 aliphatic carbocycles. The smallest absolute Gasteiger partial charge is 0.338 e. The van der Waals surface area contributed by atoms with E-state index in [4.69, 9.17) is 18.9 Å². The van der Waals surface area contributed by atoms with Gasteiger partial charge in [0, 0.05) is 17.2 Å². The van der Waals surface area contributed by atoms with Crippen molar-refractivity contribution in [3.05, 3.63) is 138 Å². The predicted octanol–water partition coefficient (Wildman–Crippen LogP) is 5.21. The Bertz CT molecular complexity index is 2160. The van der Waals surface area contributed by atoms with Crippen LogP contribution in [0.4, 0.5) is 0 Å². The molecule has 0 radical (unpaired) electrons. The van der Waals surface area contributed by atoms with Gasteiger partial charge >= 0.3 is 11.9 Å². The molecule has 6 rings (SSSR count). The number of esters is 1. The second-order valence-electron chi connectivity index (χ2n) is 10.2. The monoisotopic (exact) mass is 620 g/mol. The van der Waals surface area contributed by atoms with E-state index in [1.54, 1.807) is 68.6 Å². The van der Waals surface area contributed by atoms with Crippen LogP contribution >= 0.6 is 11.3 Å². The van der Waals surface area contributed by atoms with Gasteiger partial charge in [0.25, 0.3) is 5.56 Å². The standard InChI is InChI=1S/C35H28N2O7S/c1-4-43-34(41)29-30(21-9-6-5-7-10-21)36-35-37(31(29)22-11-8-12-24(17-22)42-3)32(38)28(45-35)19-25-15-16-27(44-25)26-18-23(33(39)40)14-13-20(26)2/h5-19,31H,4H2,1-3H3,(H,39,40)/b28-19-/t31-/m0/s1. The van der Waals surface area contributed by atoms with Crippen LogP contribution in [0.15, 0.2) is 105 Å². The highest BCUT2D eigenvalue weighted by Gasteiger charge is 2.35. The van der Waals surface area contributed by atoms with Crippen molar-refractivity contribution in [3.8, 4) is 17.1 Å². The summed E-state index contributed by atoms with van der Waals surface area (Å²) in [5.41, 5.74) is 3.30. The number of hydrogen-bond donors (Lipinski definition) is 1. The first-order valence-electron chi connectivity index (χ1n) is 14.2. The van der Waals surface area contributed by atoms with E-state index in [9.17, 15) is 19.5 Å². The summed E-state index contributed by atoms with van der Waals surface area (Å²) in [4.78, 5) is 44.6. The number of thiazole rings is 1. The molecule has 0 saturated heterocycles. The third kappa shape index (κ3) is 5.63. The molecule has 0 spiro atoms. The molecule has 1 N–H and O–H groups in total. The number of ether oxygens (including phenoxy) is 2. The first kappa shape index (κ1) is 29.6. The van der Waals surface area contributed by atoms with Crippen LogP contribution in [0.5, 0.6) is 5.75 Å². The number of fused-ring (bicyclic) bond motifs is 1. The average Bonchev–Trinajstić information content (AvgIpc) is 3.64. The van der Waals surface area contributed by atoms with Crippen LogP contribution in [0.25, 0.3) is 23.1 Å². The Morgan fingerprint density at radius 1 is 1.04 bits per heavy atom. The van der Waals surface area contributed by atoms with Gasteiger partial charge in [0.15, 0.2) is 4.80 Å². The lowest BCUT2D eigenvalue weighted by molar-refractivity contribution is -0.138. The quantitative estimate of drug-likeness (QED) is 0.237. The van der Waals surface area contributed by atoms with Crippen molar-refractivity contribution in [3.63, 3.8) is 0 Å². The van der Waals surface area contributed by atoms with Crippen LogP contribution in [-0.4, -0.2) is 35.3 Å². The topological polar surface area (TPSA) is 120 Å². The summed E-state index contributed by atoms with van der Waals surface area (Å²) < 4.78 is 18.9. The van der Waals surface area contributed by atoms with E-state index in [0.29, 0.717) is 49.0 Å². The summed E-state index contributed by atoms with van der Waals surface area (Å²) in [5.74, 6) is -0.161. The summed E-state index contributed by atoms with van der Waals surface area (Å²) in [6.07, 6.45) is 1.63. The number of carbonyl (C=O) groups excluding carboxylic acids is 1. The molecule has 0 unspecified atom stereocenters. The molecule has 3 aromatic carbocycles. The van der Waals surface area contributed by atoms with Crippen molar-refractivity contribution in [2.24, 2.45) is 4.99 Å². The zero-order valence-corrected chi connectivity index (χ0v) is 25.5. The number of aryl methyl sites for hydroxylation is 1. The molecule has 0 amide bonds. The van der Waals surface area contributed by atoms with Crippen LogP contribution in [0.3, 0.4) is 0 Å². The van der Waals surface area contributed by atoms with Crippen LogP contribution in [0, 0.1) is 6.92 Å². The molecule has 0 bridgehead atoms. The molecule has 9 nitrogen and oxygen atoms in total. The number of hydrogen-bond acceptors (Lipinski definition) is 8. The number of methoxy groups -OCH3 is 1. The lowest BCUT2D eigenvalue weighted by Crippen LogP contribution is -2.40. The van der Waals surface area contributed by atoms with Crippen molar-refractivity contribution in [1.82, 2.24) is 4.57 Å². The summed E-state index contributed by atoms with van der Waals surface area (Å²) >= 11 is 1.18. The van der Waals surface area contributed by atoms with Gasteiger partial charge in [-0.15, -0.1) is 0 Å². The molecule has 1 atom stereocenters. The Balaban J connectivity index is 1.55. The minimum absolute atomic E-state index is 0.144. The van der Waals surface area contributed by atoms with Gasteiger partial charge in [-0.1, -0.05) is 59.9 Å². The fourth-order valence-electron chi connectivity index (χ4n) is 5.29. The predicted molar refractivity (Wildman–Crippen MR) is 170 cm³/mol. The SMILES string of the molecule is CCOC(=O)C1=C(c2ccccc2)N=c2s/c(=C\c3ccc(-c4cc(C(=O)O)ccc4C)o3)c(=O)n2[C@H]1c1cccc(OC)c1. The Hall–Kier alpha value is -5.48. The maximum absolute atomic E-state index is 14.1. The molecule has 226 valence electrons. The van der Waals surface area contributed by atoms with E-state index >= 15 is 0 Å². The van der Waals surface area contributed by atoms with Gasteiger partial charge in [-0.05, 0) is 61.4 Å². The number of rotatable bonds is 8. The molecule has 1 aliphatic heterocycles. The first-order valence-corrected chi connectivity index (χ1v) is 15.0. The van der Waals surface area contributed by atoms with Crippen molar-refractivity contribution >= 4 is 35.0 Å². The highest BCUT2D eigenvalue weighted by molar-refractivity contribution is 7.07. The van der Waals surface area contributed by atoms with E-state index in [0.717, 1.165) is 5.56 Å². The third-order valence-corrected chi connectivity index (χ3v) is 8.42. The molecule has 3 heterocycles. The maximum Gasteiger partial charge on any atom is 0.338 e. The Morgan fingerprint density at radius 2 is 1.84 bits per heavy atom. The number of carbonyl (C=O) groups is 2. The molecule has 10 heteroatoms. The van der Waals surface area contributed by atoms with Crippen LogP contribution in [-0.2, 0) is 9.53 Å². The third-order valence-electron chi connectivity index (χ3n) is 7.43. The molecular weight excluding hydrogens is 592 g/mol. The molecule has 0 saturated carbocycles. The van der Waals surface area contributed by atoms with E-state index in [2.05, 4.69) is 0 Å². The Morgan fingerprint density at radius 3 is 2.58 bits per heavy atom. The average molecular weight is 621 g/mol. The zero-order chi connectivity index (χ0) is 31.7. The van der Waals surface area contributed by atoms with Crippen molar-refractivity contribution in [1.29, 1.82) is 0 Å². The van der Waals surface area contributed by atoms with Crippen LogP contribution in [0.1, 0.15) is 45.8 Å². The van der Waals surface area contributed by atoms with Gasteiger partial charge in [0.1, 0.15) is 17.3 Å². The van der Waals surface area contributed by atoms with Gasteiger partial charge in [0.2, 0.25) is 0 Å². The van der Waals surface area contributed by atoms with Crippen molar-refractivity contribution < 1.29 is 28.6 Å². The summed E-state index contributed by atoms with van der Waals surface area (Å²) in [6.45, 7) is 3.74. The molecule has 1 aliphatic rings. The Labute approximate surface area is 261 Å². The molecule has 2 aromatic heterocycles. The van der Waals surface area contributed by atoms with E-state index in [1.807, 2.05) is 43.3 Å². The first-order chi connectivity index (χ1) is 21.8. The van der Waals surface area contributed by atoms with Crippen LogP contribution < -0.4 is 19.6 Å². The number of carboxylic acids is 1. The summed E-state index contributed by atoms with van der Waals surface area (Å²) in [5, 5.41) is 9.44. The van der Waals surface area contributed by atoms with Gasteiger partial charge in [-0.2, -0.15) is 0 Å². The molecular formula is C35H28N2O7S. The number of carboxylic acid groups (broad SMARTS) is 1. The highest BCUT2D eigenvalue weighted by Crippen LogP contribution is 2.36. The summed E-state index contributed by atoms with van der Waals surface area (Å²) in [6, 6.07) is 24.0. The minimum Gasteiger partial charge on any atom is -0.497 e. The zero-order valence-electron chi connectivity index (χ0n) is 24.6. The molecule has 0 fully saturated rings. The van der Waals surface area contributed by atoms with E-state index < -0.39 is 18.0 Å².